The molecule has 7 nitrogen and oxygen atoms in total. The predicted octanol–water partition coefficient (Wildman–Crippen LogP) is 2.92. The van der Waals surface area contributed by atoms with Crippen molar-refractivity contribution in [3.8, 4) is 0 Å². The molecular weight excluding hydrogens is 383 g/mol. The van der Waals surface area contributed by atoms with Crippen LogP contribution in [0.15, 0.2) is 17.0 Å². The molecule has 0 spiro atoms. The molecule has 2 amide bonds. The average Bonchev–Trinajstić information content (AvgIpc) is 2.73. The van der Waals surface area contributed by atoms with Crippen LogP contribution in [0.1, 0.15) is 34.1 Å². The summed E-state index contributed by atoms with van der Waals surface area (Å²) in [6.07, 6.45) is 2.00. The molecule has 1 aliphatic heterocycles. The van der Waals surface area contributed by atoms with Crippen LogP contribution >= 0.6 is 15.9 Å². The van der Waals surface area contributed by atoms with E-state index in [0.29, 0.717) is 4.60 Å². The number of likely N-dealkylation sites (tertiary alicyclic amines) is 1. The number of halogens is 2. The summed E-state index contributed by atoms with van der Waals surface area (Å²) in [6, 6.07) is -0.976. The third-order valence-electron chi connectivity index (χ3n) is 3.28. The SMILES string of the molecule is CC(C)(C)OC(=O)N1C[C@](C)(F)C[C@@H]1C(=O)Nc1cncc(Br)n1. The maximum atomic E-state index is 14.4. The van der Waals surface area contributed by atoms with Gasteiger partial charge in [-0.2, -0.15) is 0 Å². The van der Waals surface area contributed by atoms with Crippen molar-refractivity contribution < 1.29 is 18.7 Å². The highest BCUT2D eigenvalue weighted by Crippen LogP contribution is 2.32. The molecule has 0 aromatic carbocycles. The summed E-state index contributed by atoms with van der Waals surface area (Å²) in [4.78, 5) is 33.8. The lowest BCUT2D eigenvalue weighted by atomic mass is 10.0. The van der Waals surface area contributed by atoms with E-state index in [1.807, 2.05) is 0 Å². The van der Waals surface area contributed by atoms with Gasteiger partial charge in [0.05, 0.1) is 18.9 Å². The lowest BCUT2D eigenvalue weighted by Gasteiger charge is -2.27. The molecular formula is C15H20BrFN4O3. The van der Waals surface area contributed by atoms with Gasteiger partial charge in [0.2, 0.25) is 5.91 Å². The van der Waals surface area contributed by atoms with Crippen LogP contribution in [0.3, 0.4) is 0 Å². The summed E-state index contributed by atoms with van der Waals surface area (Å²) in [7, 11) is 0. The molecule has 1 N–H and O–H groups in total. The van der Waals surface area contributed by atoms with E-state index in [4.69, 9.17) is 4.74 Å². The summed E-state index contributed by atoms with van der Waals surface area (Å²) in [5.74, 6) is -0.319. The molecule has 1 aliphatic rings. The van der Waals surface area contributed by atoms with E-state index in [9.17, 15) is 14.0 Å². The number of aromatic nitrogens is 2. The number of carbonyl (C=O) groups is 2. The second-order valence-electron chi connectivity index (χ2n) is 6.96. The van der Waals surface area contributed by atoms with Crippen molar-refractivity contribution in [3.63, 3.8) is 0 Å². The van der Waals surface area contributed by atoms with Gasteiger partial charge in [0.1, 0.15) is 21.9 Å². The Morgan fingerprint density at radius 2 is 2.12 bits per heavy atom. The van der Waals surface area contributed by atoms with Crippen molar-refractivity contribution in [3.05, 3.63) is 17.0 Å². The van der Waals surface area contributed by atoms with Gasteiger partial charge in [-0.25, -0.2) is 14.2 Å². The number of ether oxygens (including phenoxy) is 1. The number of hydrogen-bond acceptors (Lipinski definition) is 5. The van der Waals surface area contributed by atoms with Crippen molar-refractivity contribution in [1.82, 2.24) is 14.9 Å². The van der Waals surface area contributed by atoms with Gasteiger partial charge >= 0.3 is 6.09 Å². The molecule has 1 aromatic heterocycles. The molecule has 1 aromatic rings. The molecule has 24 heavy (non-hydrogen) atoms. The normalized spacial score (nSPS) is 23.9. The highest BCUT2D eigenvalue weighted by atomic mass is 79.9. The first-order chi connectivity index (χ1) is 11.0. The van der Waals surface area contributed by atoms with Gasteiger partial charge in [-0.3, -0.25) is 14.7 Å². The fraction of sp³-hybridized carbons (Fsp3) is 0.600. The summed E-state index contributed by atoms with van der Waals surface area (Å²) in [6.45, 7) is 6.28. The van der Waals surface area contributed by atoms with E-state index in [-0.39, 0.29) is 18.8 Å². The van der Waals surface area contributed by atoms with Crippen LogP contribution in [0, 0.1) is 0 Å². The Morgan fingerprint density at radius 1 is 1.46 bits per heavy atom. The molecule has 9 heteroatoms. The van der Waals surface area contributed by atoms with E-state index in [1.165, 1.54) is 19.3 Å². The van der Waals surface area contributed by atoms with Gasteiger partial charge in [-0.05, 0) is 43.6 Å². The minimum atomic E-state index is -1.66. The van der Waals surface area contributed by atoms with Crippen molar-refractivity contribution in [2.45, 2.75) is 51.4 Å². The number of alkyl halides is 1. The van der Waals surface area contributed by atoms with E-state index in [2.05, 4.69) is 31.2 Å². The first-order valence-electron chi connectivity index (χ1n) is 7.44. The molecule has 2 atom stereocenters. The molecule has 2 rings (SSSR count). The molecule has 1 saturated heterocycles. The lowest BCUT2D eigenvalue weighted by molar-refractivity contribution is -0.120. The Hall–Kier alpha value is -1.77. The Balaban J connectivity index is 2.15. The summed E-state index contributed by atoms with van der Waals surface area (Å²) >= 11 is 3.15. The van der Waals surface area contributed by atoms with Crippen molar-refractivity contribution in [1.29, 1.82) is 0 Å². The maximum absolute atomic E-state index is 14.4. The smallest absolute Gasteiger partial charge is 0.411 e. The van der Waals surface area contributed by atoms with Crippen LogP contribution < -0.4 is 5.32 Å². The van der Waals surface area contributed by atoms with E-state index in [1.54, 1.807) is 20.8 Å². The lowest BCUT2D eigenvalue weighted by Crippen LogP contribution is -2.45. The third-order valence-corrected chi connectivity index (χ3v) is 3.66. The quantitative estimate of drug-likeness (QED) is 0.821. The summed E-state index contributed by atoms with van der Waals surface area (Å²) < 4.78 is 20.1. The molecule has 1 fully saturated rings. The number of carbonyl (C=O) groups excluding carboxylic acids is 2. The topological polar surface area (TPSA) is 84.4 Å². The highest BCUT2D eigenvalue weighted by Gasteiger charge is 2.48. The van der Waals surface area contributed by atoms with E-state index < -0.39 is 29.3 Å². The zero-order valence-corrected chi connectivity index (χ0v) is 15.6. The van der Waals surface area contributed by atoms with Crippen LogP contribution in [0.4, 0.5) is 15.0 Å². The second-order valence-corrected chi connectivity index (χ2v) is 7.77. The van der Waals surface area contributed by atoms with Gasteiger partial charge in [0.15, 0.2) is 5.82 Å². The van der Waals surface area contributed by atoms with E-state index >= 15 is 0 Å². The Morgan fingerprint density at radius 3 is 2.71 bits per heavy atom. The first kappa shape index (κ1) is 18.6. The Labute approximate surface area is 148 Å². The molecule has 0 saturated carbocycles. The number of hydrogen-bond donors (Lipinski definition) is 1. The number of rotatable bonds is 2. The monoisotopic (exact) mass is 402 g/mol. The summed E-state index contributed by atoms with van der Waals surface area (Å²) in [5, 5.41) is 2.55. The zero-order chi connectivity index (χ0) is 18.1. The van der Waals surface area contributed by atoms with Crippen LogP contribution in [-0.4, -0.2) is 50.7 Å². The molecule has 132 valence electrons. The Bertz CT molecular complexity index is 648. The van der Waals surface area contributed by atoms with Crippen molar-refractivity contribution in [2.24, 2.45) is 0 Å². The van der Waals surface area contributed by atoms with Crippen LogP contribution in [0.5, 0.6) is 0 Å². The largest absolute Gasteiger partial charge is 0.444 e. The van der Waals surface area contributed by atoms with Crippen LogP contribution in [-0.2, 0) is 9.53 Å². The molecule has 0 radical (unpaired) electrons. The molecule has 0 aliphatic carbocycles. The predicted molar refractivity (Wildman–Crippen MR) is 89.2 cm³/mol. The Kier molecular flexibility index (Phi) is 5.12. The minimum Gasteiger partial charge on any atom is -0.444 e. The van der Waals surface area contributed by atoms with Gasteiger partial charge in [0, 0.05) is 6.42 Å². The number of anilines is 1. The number of amides is 2. The third kappa shape index (κ3) is 4.86. The minimum absolute atomic E-state index is 0.112. The van der Waals surface area contributed by atoms with Crippen molar-refractivity contribution in [2.75, 3.05) is 11.9 Å². The van der Waals surface area contributed by atoms with Gasteiger partial charge in [-0.1, -0.05) is 0 Å². The average molecular weight is 403 g/mol. The fourth-order valence-corrected chi connectivity index (χ4v) is 2.71. The van der Waals surface area contributed by atoms with Gasteiger partial charge in [0.25, 0.3) is 0 Å². The standard InChI is InChI=1S/C15H20BrFN4O3/c1-14(2,3)24-13(23)21-8-15(4,17)5-9(21)12(22)20-11-7-18-6-10(16)19-11/h6-7,9H,5,8H2,1-4H3,(H,19,20,22)/t9-,15-/m1/s1. The zero-order valence-electron chi connectivity index (χ0n) is 14.0. The number of nitrogens with one attached hydrogen (secondary N) is 1. The van der Waals surface area contributed by atoms with Crippen molar-refractivity contribution >= 4 is 33.7 Å². The van der Waals surface area contributed by atoms with Gasteiger partial charge in [-0.15, -0.1) is 0 Å². The van der Waals surface area contributed by atoms with Gasteiger partial charge < -0.3 is 10.1 Å². The van der Waals surface area contributed by atoms with E-state index in [0.717, 1.165) is 4.90 Å². The molecule has 0 unspecified atom stereocenters. The number of nitrogens with zero attached hydrogens (tertiary/aromatic N) is 3. The molecule has 2 heterocycles. The second kappa shape index (κ2) is 6.62. The first-order valence-corrected chi connectivity index (χ1v) is 8.23. The van der Waals surface area contributed by atoms with Crippen LogP contribution in [0.2, 0.25) is 0 Å². The summed E-state index contributed by atoms with van der Waals surface area (Å²) in [5.41, 5.74) is -2.40. The fourth-order valence-electron chi connectivity index (χ4n) is 2.40. The highest BCUT2D eigenvalue weighted by molar-refractivity contribution is 9.10. The maximum Gasteiger partial charge on any atom is 0.411 e. The molecule has 0 bridgehead atoms. The van der Waals surface area contributed by atoms with Crippen LogP contribution in [0.25, 0.3) is 0 Å².